The molecule has 1 unspecified atom stereocenters. The minimum atomic E-state index is -4.58. The first-order chi connectivity index (χ1) is 15.1. The van der Waals surface area contributed by atoms with E-state index in [0.717, 1.165) is 25.1 Å². The summed E-state index contributed by atoms with van der Waals surface area (Å²) >= 11 is 0. The van der Waals surface area contributed by atoms with Crippen molar-refractivity contribution in [2.24, 2.45) is 0 Å². The summed E-state index contributed by atoms with van der Waals surface area (Å²) in [6, 6.07) is 5.11. The van der Waals surface area contributed by atoms with Gasteiger partial charge in [0.15, 0.2) is 9.84 Å². The van der Waals surface area contributed by atoms with Gasteiger partial charge < -0.3 is 10.1 Å². The lowest BCUT2D eigenvalue weighted by Crippen LogP contribution is -2.23. The van der Waals surface area contributed by atoms with E-state index in [-0.39, 0.29) is 28.3 Å². The minimum absolute atomic E-state index is 0.0476. The molecule has 1 aromatic heterocycles. The summed E-state index contributed by atoms with van der Waals surface area (Å²) in [4.78, 5) is 16.3. The molecule has 32 heavy (non-hydrogen) atoms. The van der Waals surface area contributed by atoms with E-state index >= 15 is 0 Å². The molecule has 1 saturated heterocycles. The fraction of sp³-hybridized carbons (Fsp3) is 0.429. The number of carbonyl (C=O) groups excluding carboxylic acids is 1. The minimum Gasteiger partial charge on any atom is -0.373 e. The summed E-state index contributed by atoms with van der Waals surface area (Å²) in [5.74, 6) is -0.339. The van der Waals surface area contributed by atoms with Gasteiger partial charge in [-0.25, -0.2) is 18.2 Å². The molecule has 1 aliphatic heterocycles. The van der Waals surface area contributed by atoms with Crippen molar-refractivity contribution in [1.29, 1.82) is 0 Å². The van der Waals surface area contributed by atoms with Crippen molar-refractivity contribution in [3.8, 4) is 0 Å². The van der Waals surface area contributed by atoms with E-state index in [0.29, 0.717) is 31.1 Å². The zero-order valence-corrected chi connectivity index (χ0v) is 18.2. The SMILES string of the molecule is CCCS(=O)(=O)c1ccc(C2CCCCO2)c(NC(=O)Nc2cc(C(F)(F)F)ccn2)c1. The number of halogens is 3. The molecule has 0 spiro atoms. The van der Waals surface area contributed by atoms with Crippen LogP contribution in [-0.2, 0) is 20.8 Å². The van der Waals surface area contributed by atoms with Gasteiger partial charge in [0, 0.05) is 24.1 Å². The molecule has 2 amide bonds. The van der Waals surface area contributed by atoms with Gasteiger partial charge in [0.05, 0.1) is 22.3 Å². The van der Waals surface area contributed by atoms with E-state index in [2.05, 4.69) is 15.6 Å². The second-order valence-corrected chi connectivity index (χ2v) is 9.54. The van der Waals surface area contributed by atoms with Crippen molar-refractivity contribution >= 4 is 27.4 Å². The van der Waals surface area contributed by atoms with Crippen LogP contribution in [-0.4, -0.2) is 31.8 Å². The molecule has 1 aliphatic rings. The van der Waals surface area contributed by atoms with Crippen molar-refractivity contribution in [2.75, 3.05) is 23.0 Å². The summed E-state index contributed by atoms with van der Waals surface area (Å²) < 4.78 is 69.5. The van der Waals surface area contributed by atoms with Gasteiger partial charge in [-0.3, -0.25) is 5.32 Å². The highest BCUT2D eigenvalue weighted by molar-refractivity contribution is 7.91. The Morgan fingerprint density at radius 2 is 1.97 bits per heavy atom. The summed E-state index contributed by atoms with van der Waals surface area (Å²) in [5, 5.41) is 4.82. The second-order valence-electron chi connectivity index (χ2n) is 7.43. The lowest BCUT2D eigenvalue weighted by Gasteiger charge is -2.25. The number of aromatic nitrogens is 1. The maximum absolute atomic E-state index is 12.9. The smallest absolute Gasteiger partial charge is 0.373 e. The van der Waals surface area contributed by atoms with Crippen LogP contribution in [0.2, 0.25) is 0 Å². The third kappa shape index (κ3) is 5.98. The van der Waals surface area contributed by atoms with Gasteiger partial charge in [-0.2, -0.15) is 13.2 Å². The first kappa shape index (κ1) is 24.0. The molecule has 0 aliphatic carbocycles. The topological polar surface area (TPSA) is 97.4 Å². The predicted molar refractivity (Wildman–Crippen MR) is 113 cm³/mol. The van der Waals surface area contributed by atoms with E-state index in [4.69, 9.17) is 4.74 Å². The standard InChI is InChI=1S/C21H24F3N3O4S/c1-2-11-32(29,30)15-6-7-16(18-5-3-4-10-31-18)17(13-15)26-20(28)27-19-12-14(8-9-25-19)21(22,23)24/h6-9,12-13,18H,2-5,10-11H2,1H3,(H2,25,26,27,28). The highest BCUT2D eigenvalue weighted by Gasteiger charge is 2.31. The average Bonchev–Trinajstić information content (AvgIpc) is 2.74. The Labute approximate surface area is 184 Å². The molecule has 7 nitrogen and oxygen atoms in total. The first-order valence-corrected chi connectivity index (χ1v) is 11.8. The van der Waals surface area contributed by atoms with Crippen molar-refractivity contribution in [2.45, 2.75) is 49.8 Å². The number of sulfone groups is 1. The zero-order valence-electron chi connectivity index (χ0n) is 17.4. The van der Waals surface area contributed by atoms with Crippen LogP contribution >= 0.6 is 0 Å². The van der Waals surface area contributed by atoms with Gasteiger partial charge in [-0.05, 0) is 49.9 Å². The number of nitrogens with one attached hydrogen (secondary N) is 2. The predicted octanol–water partition coefficient (Wildman–Crippen LogP) is 5.17. The molecule has 2 N–H and O–H groups in total. The number of nitrogens with zero attached hydrogens (tertiary/aromatic N) is 1. The lowest BCUT2D eigenvalue weighted by molar-refractivity contribution is -0.137. The van der Waals surface area contributed by atoms with Crippen LogP contribution in [0.4, 0.5) is 29.5 Å². The van der Waals surface area contributed by atoms with Gasteiger partial charge in [0.1, 0.15) is 5.82 Å². The molecule has 0 radical (unpaired) electrons. The Morgan fingerprint density at radius 3 is 2.62 bits per heavy atom. The molecular formula is C21H24F3N3O4S. The molecule has 2 heterocycles. The van der Waals surface area contributed by atoms with Crippen LogP contribution in [0.1, 0.15) is 49.8 Å². The van der Waals surface area contributed by atoms with Crippen LogP contribution in [0.5, 0.6) is 0 Å². The molecule has 11 heteroatoms. The van der Waals surface area contributed by atoms with Crippen LogP contribution in [0.15, 0.2) is 41.4 Å². The Morgan fingerprint density at radius 1 is 1.19 bits per heavy atom. The molecule has 1 atom stereocenters. The van der Waals surface area contributed by atoms with Crippen molar-refractivity contribution < 1.29 is 31.1 Å². The quantitative estimate of drug-likeness (QED) is 0.606. The molecular weight excluding hydrogens is 447 g/mol. The third-order valence-corrected chi connectivity index (χ3v) is 6.88. The van der Waals surface area contributed by atoms with E-state index in [1.165, 1.54) is 12.1 Å². The number of benzene rings is 1. The van der Waals surface area contributed by atoms with Crippen LogP contribution < -0.4 is 10.6 Å². The number of urea groups is 1. The second kappa shape index (κ2) is 9.86. The summed E-state index contributed by atoms with van der Waals surface area (Å²) in [6.07, 6.45) is -1.01. The molecule has 1 aromatic carbocycles. The number of carbonyl (C=O) groups is 1. The van der Waals surface area contributed by atoms with E-state index in [9.17, 15) is 26.4 Å². The van der Waals surface area contributed by atoms with Crippen molar-refractivity contribution in [3.63, 3.8) is 0 Å². The van der Waals surface area contributed by atoms with Crippen LogP contribution in [0.3, 0.4) is 0 Å². The van der Waals surface area contributed by atoms with Gasteiger partial charge in [-0.1, -0.05) is 13.0 Å². The molecule has 1 fully saturated rings. The number of alkyl halides is 3. The number of pyridine rings is 1. The molecule has 0 bridgehead atoms. The maximum Gasteiger partial charge on any atom is 0.416 e. The van der Waals surface area contributed by atoms with Gasteiger partial charge in [0.2, 0.25) is 0 Å². The Bertz CT molecular complexity index is 1070. The Kier molecular flexibility index (Phi) is 7.40. The first-order valence-electron chi connectivity index (χ1n) is 10.2. The number of hydrogen-bond donors (Lipinski definition) is 2. The number of anilines is 2. The highest BCUT2D eigenvalue weighted by atomic mass is 32.2. The fourth-order valence-corrected chi connectivity index (χ4v) is 4.78. The molecule has 0 saturated carbocycles. The van der Waals surface area contributed by atoms with E-state index in [1.807, 2.05) is 0 Å². The van der Waals surface area contributed by atoms with Gasteiger partial charge >= 0.3 is 12.2 Å². The number of ether oxygens (including phenoxy) is 1. The van der Waals surface area contributed by atoms with Gasteiger partial charge in [0.25, 0.3) is 0 Å². The fourth-order valence-electron chi connectivity index (χ4n) is 3.44. The highest BCUT2D eigenvalue weighted by Crippen LogP contribution is 2.35. The molecule has 174 valence electrons. The number of hydrogen-bond acceptors (Lipinski definition) is 5. The maximum atomic E-state index is 12.9. The molecule has 3 rings (SSSR count). The molecule has 2 aromatic rings. The largest absolute Gasteiger partial charge is 0.416 e. The lowest BCUT2D eigenvalue weighted by atomic mass is 10.00. The van der Waals surface area contributed by atoms with Crippen LogP contribution in [0.25, 0.3) is 0 Å². The number of amides is 2. The van der Waals surface area contributed by atoms with Crippen LogP contribution in [0, 0.1) is 0 Å². The van der Waals surface area contributed by atoms with Crippen molar-refractivity contribution in [3.05, 3.63) is 47.7 Å². The number of rotatable bonds is 6. The summed E-state index contributed by atoms with van der Waals surface area (Å²) in [7, 11) is -3.55. The van der Waals surface area contributed by atoms with Crippen molar-refractivity contribution in [1.82, 2.24) is 4.98 Å². The van der Waals surface area contributed by atoms with E-state index in [1.54, 1.807) is 13.0 Å². The zero-order chi connectivity index (χ0) is 23.4. The average molecular weight is 472 g/mol. The monoisotopic (exact) mass is 471 g/mol. The van der Waals surface area contributed by atoms with Gasteiger partial charge in [-0.15, -0.1) is 0 Å². The summed E-state index contributed by atoms with van der Waals surface area (Å²) in [6.45, 7) is 2.29. The Balaban J connectivity index is 1.87. The van der Waals surface area contributed by atoms with E-state index < -0.39 is 27.6 Å². The third-order valence-electron chi connectivity index (χ3n) is 4.96. The normalized spacial score (nSPS) is 17.1. The summed E-state index contributed by atoms with van der Waals surface area (Å²) in [5.41, 5.74) is -0.127. The Hall–Kier alpha value is -2.66.